The Bertz CT molecular complexity index is 408. The molecule has 0 aliphatic rings. The van der Waals surface area contributed by atoms with E-state index in [0.29, 0.717) is 5.92 Å². The topological polar surface area (TPSA) is 34.1 Å². The molecule has 1 atom stereocenters. The maximum atomic E-state index is 5.89. The molecule has 0 aliphatic heterocycles. The summed E-state index contributed by atoms with van der Waals surface area (Å²) in [6.07, 6.45) is 0.178. The van der Waals surface area contributed by atoms with Crippen LogP contribution in [-0.2, 0) is 6.54 Å². The van der Waals surface area contributed by atoms with E-state index in [4.69, 9.17) is 4.74 Å². The van der Waals surface area contributed by atoms with E-state index in [0.717, 1.165) is 18.1 Å². The van der Waals surface area contributed by atoms with Gasteiger partial charge in [0.25, 0.3) is 0 Å². The van der Waals surface area contributed by atoms with Gasteiger partial charge < -0.3 is 10.1 Å². The van der Waals surface area contributed by atoms with Gasteiger partial charge in [0.2, 0.25) is 5.88 Å². The fraction of sp³-hybridized carbons (Fsp3) is 0.688. The van der Waals surface area contributed by atoms with Crippen molar-refractivity contribution in [3.05, 3.63) is 23.4 Å². The second-order valence-corrected chi connectivity index (χ2v) is 6.63. The highest BCUT2D eigenvalue weighted by Gasteiger charge is 2.12. The van der Waals surface area contributed by atoms with Crippen molar-refractivity contribution in [2.24, 2.45) is 5.92 Å². The van der Waals surface area contributed by atoms with Gasteiger partial charge in [-0.15, -0.1) is 0 Å². The van der Waals surface area contributed by atoms with Gasteiger partial charge in [-0.2, -0.15) is 0 Å². The van der Waals surface area contributed by atoms with Crippen LogP contribution in [0, 0.1) is 12.8 Å². The van der Waals surface area contributed by atoms with E-state index in [1.54, 1.807) is 0 Å². The largest absolute Gasteiger partial charge is 0.474 e. The first-order chi connectivity index (χ1) is 8.67. The first kappa shape index (κ1) is 16.0. The van der Waals surface area contributed by atoms with E-state index in [2.05, 4.69) is 57.9 Å². The van der Waals surface area contributed by atoms with Crippen LogP contribution in [0.5, 0.6) is 5.88 Å². The predicted molar refractivity (Wildman–Crippen MR) is 80.5 cm³/mol. The fourth-order valence-electron chi connectivity index (χ4n) is 1.56. The number of nitrogens with one attached hydrogen (secondary N) is 1. The number of rotatable bonds is 5. The van der Waals surface area contributed by atoms with Crippen molar-refractivity contribution in [3.8, 4) is 5.88 Å². The number of aromatic nitrogens is 1. The number of hydrogen-bond acceptors (Lipinski definition) is 3. The second kappa shape index (κ2) is 6.38. The zero-order valence-electron chi connectivity index (χ0n) is 13.4. The Morgan fingerprint density at radius 3 is 2.37 bits per heavy atom. The normalized spacial score (nSPS) is 13.7. The summed E-state index contributed by atoms with van der Waals surface area (Å²) < 4.78 is 5.89. The molecule has 0 aromatic carbocycles. The van der Waals surface area contributed by atoms with Gasteiger partial charge in [-0.05, 0) is 52.2 Å². The van der Waals surface area contributed by atoms with Crippen molar-refractivity contribution in [3.63, 3.8) is 0 Å². The Balaban J connectivity index is 2.76. The van der Waals surface area contributed by atoms with Gasteiger partial charge in [0.1, 0.15) is 0 Å². The van der Waals surface area contributed by atoms with Crippen LogP contribution in [0.2, 0.25) is 0 Å². The van der Waals surface area contributed by atoms with Gasteiger partial charge >= 0.3 is 0 Å². The molecule has 0 amide bonds. The minimum absolute atomic E-state index is 0.115. The molecule has 1 aromatic heterocycles. The van der Waals surface area contributed by atoms with Crippen LogP contribution in [0.25, 0.3) is 0 Å². The zero-order chi connectivity index (χ0) is 14.6. The molecule has 1 heterocycles. The number of pyridine rings is 1. The van der Waals surface area contributed by atoms with Crippen LogP contribution >= 0.6 is 0 Å². The zero-order valence-corrected chi connectivity index (χ0v) is 13.4. The highest BCUT2D eigenvalue weighted by molar-refractivity contribution is 5.25. The lowest BCUT2D eigenvalue weighted by Gasteiger charge is -2.21. The van der Waals surface area contributed by atoms with Crippen molar-refractivity contribution in [1.29, 1.82) is 0 Å². The summed E-state index contributed by atoms with van der Waals surface area (Å²) in [6, 6.07) is 4.14. The van der Waals surface area contributed by atoms with E-state index in [-0.39, 0.29) is 11.6 Å². The summed E-state index contributed by atoms with van der Waals surface area (Å²) in [5, 5.41) is 3.49. The molecule has 0 bridgehead atoms. The molecule has 1 rings (SSSR count). The lowest BCUT2D eigenvalue weighted by atomic mass is 10.1. The smallest absolute Gasteiger partial charge is 0.214 e. The van der Waals surface area contributed by atoms with Crippen LogP contribution in [0.4, 0.5) is 0 Å². The first-order valence-corrected chi connectivity index (χ1v) is 7.06. The molecule has 0 radical (unpaired) electrons. The average molecular weight is 264 g/mol. The molecule has 0 saturated carbocycles. The molecule has 0 saturated heterocycles. The SMILES string of the molecule is Cc1cc(CNC(C)(C)C)cc(OC(C)C(C)C)n1. The monoisotopic (exact) mass is 264 g/mol. The fourth-order valence-corrected chi connectivity index (χ4v) is 1.56. The molecule has 1 aromatic rings. The van der Waals surface area contributed by atoms with E-state index < -0.39 is 0 Å². The highest BCUT2D eigenvalue weighted by atomic mass is 16.5. The van der Waals surface area contributed by atoms with Crippen molar-refractivity contribution in [1.82, 2.24) is 10.3 Å². The third-order valence-corrected chi connectivity index (χ3v) is 3.06. The van der Waals surface area contributed by atoms with E-state index in [1.165, 1.54) is 5.56 Å². The number of aryl methyl sites for hydroxylation is 1. The molecule has 0 fully saturated rings. The molecule has 1 unspecified atom stereocenters. The molecule has 3 nitrogen and oxygen atoms in total. The van der Waals surface area contributed by atoms with Crippen molar-refractivity contribution in [2.75, 3.05) is 0 Å². The number of nitrogens with zero attached hydrogens (tertiary/aromatic N) is 1. The van der Waals surface area contributed by atoms with Crippen LogP contribution in [0.15, 0.2) is 12.1 Å². The summed E-state index contributed by atoms with van der Waals surface area (Å²) in [5.41, 5.74) is 2.33. The molecule has 0 aliphatic carbocycles. The second-order valence-electron chi connectivity index (χ2n) is 6.63. The van der Waals surface area contributed by atoms with E-state index in [1.807, 2.05) is 13.0 Å². The number of ether oxygens (including phenoxy) is 1. The predicted octanol–water partition coefficient (Wildman–Crippen LogP) is 3.70. The Kier molecular flexibility index (Phi) is 5.36. The van der Waals surface area contributed by atoms with Gasteiger partial charge in [-0.1, -0.05) is 13.8 Å². The average Bonchev–Trinajstić information content (AvgIpc) is 2.24. The molecule has 1 N–H and O–H groups in total. The van der Waals surface area contributed by atoms with Gasteiger partial charge in [0.05, 0.1) is 6.10 Å². The lowest BCUT2D eigenvalue weighted by molar-refractivity contribution is 0.163. The summed E-state index contributed by atoms with van der Waals surface area (Å²) in [6.45, 7) is 15.7. The van der Waals surface area contributed by atoms with Crippen LogP contribution in [-0.4, -0.2) is 16.6 Å². The summed E-state index contributed by atoms with van der Waals surface area (Å²) in [4.78, 5) is 4.45. The van der Waals surface area contributed by atoms with Crippen molar-refractivity contribution < 1.29 is 4.74 Å². The summed E-state index contributed by atoms with van der Waals surface area (Å²) in [5.74, 6) is 1.21. The lowest BCUT2D eigenvalue weighted by Crippen LogP contribution is -2.35. The van der Waals surface area contributed by atoms with Gasteiger partial charge in [0, 0.05) is 23.8 Å². The van der Waals surface area contributed by atoms with Crippen LogP contribution in [0.3, 0.4) is 0 Å². The molecule has 0 spiro atoms. The Labute approximate surface area is 117 Å². The minimum atomic E-state index is 0.115. The standard InChI is InChI=1S/C16H28N2O/c1-11(2)13(4)19-15-9-14(8-12(3)18-15)10-17-16(5,6)7/h8-9,11,13,17H,10H2,1-7H3. The van der Waals surface area contributed by atoms with Crippen LogP contribution in [0.1, 0.15) is 52.8 Å². The molecule has 108 valence electrons. The maximum absolute atomic E-state index is 5.89. The quantitative estimate of drug-likeness (QED) is 0.880. The van der Waals surface area contributed by atoms with E-state index in [9.17, 15) is 0 Å². The van der Waals surface area contributed by atoms with E-state index >= 15 is 0 Å². The molecule has 19 heavy (non-hydrogen) atoms. The number of hydrogen-bond donors (Lipinski definition) is 1. The first-order valence-electron chi connectivity index (χ1n) is 7.06. The molecular weight excluding hydrogens is 236 g/mol. The summed E-state index contributed by atoms with van der Waals surface area (Å²) in [7, 11) is 0. The highest BCUT2D eigenvalue weighted by Crippen LogP contribution is 2.17. The third-order valence-electron chi connectivity index (χ3n) is 3.06. The Morgan fingerprint density at radius 1 is 1.21 bits per heavy atom. The van der Waals surface area contributed by atoms with Crippen molar-refractivity contribution in [2.45, 2.75) is 66.7 Å². The maximum Gasteiger partial charge on any atom is 0.214 e. The van der Waals surface area contributed by atoms with Crippen molar-refractivity contribution >= 4 is 0 Å². The minimum Gasteiger partial charge on any atom is -0.474 e. The molecular formula is C16H28N2O. The van der Waals surface area contributed by atoms with Gasteiger partial charge in [0.15, 0.2) is 0 Å². The Hall–Kier alpha value is -1.09. The Morgan fingerprint density at radius 2 is 1.84 bits per heavy atom. The van der Waals surface area contributed by atoms with Crippen LogP contribution < -0.4 is 10.1 Å². The van der Waals surface area contributed by atoms with Gasteiger partial charge in [-0.25, -0.2) is 4.98 Å². The summed E-state index contributed by atoms with van der Waals surface area (Å²) >= 11 is 0. The van der Waals surface area contributed by atoms with Gasteiger partial charge in [-0.3, -0.25) is 0 Å². The molecule has 3 heteroatoms. The third kappa shape index (κ3) is 6.06.